The van der Waals surface area contributed by atoms with E-state index in [1.165, 1.54) is 23.5 Å². The lowest BCUT2D eigenvalue weighted by molar-refractivity contribution is -0.385. The minimum absolute atomic E-state index is 0.00734. The molecular formula is C15H21N5O2. The molecule has 22 heavy (non-hydrogen) atoms. The molecule has 7 nitrogen and oxygen atoms in total. The van der Waals surface area contributed by atoms with Gasteiger partial charge in [-0.25, -0.2) is 4.98 Å². The zero-order valence-corrected chi connectivity index (χ0v) is 13.4. The van der Waals surface area contributed by atoms with Crippen LogP contribution in [0.4, 0.5) is 11.5 Å². The SMILES string of the molecule is CCc1nn(C)c(CC)c1CNc1ncc([N+](=O)[O-])cc1C. The quantitative estimate of drug-likeness (QED) is 0.655. The van der Waals surface area contributed by atoms with Gasteiger partial charge in [0.25, 0.3) is 5.69 Å². The summed E-state index contributed by atoms with van der Waals surface area (Å²) < 4.78 is 1.92. The van der Waals surface area contributed by atoms with E-state index in [-0.39, 0.29) is 5.69 Å². The third-order valence-electron chi connectivity index (χ3n) is 3.74. The summed E-state index contributed by atoms with van der Waals surface area (Å²) in [5.74, 6) is 0.665. The normalized spacial score (nSPS) is 10.7. The highest BCUT2D eigenvalue weighted by atomic mass is 16.6. The van der Waals surface area contributed by atoms with E-state index in [1.54, 1.807) is 0 Å². The summed E-state index contributed by atoms with van der Waals surface area (Å²) >= 11 is 0. The maximum atomic E-state index is 10.7. The van der Waals surface area contributed by atoms with E-state index >= 15 is 0 Å². The van der Waals surface area contributed by atoms with Gasteiger partial charge < -0.3 is 5.32 Å². The number of hydrogen-bond donors (Lipinski definition) is 1. The maximum Gasteiger partial charge on any atom is 0.287 e. The first-order chi connectivity index (χ1) is 10.5. The Hall–Kier alpha value is -2.44. The molecule has 0 radical (unpaired) electrons. The van der Waals surface area contributed by atoms with Gasteiger partial charge in [0, 0.05) is 30.9 Å². The second-order valence-electron chi connectivity index (χ2n) is 5.17. The summed E-state index contributed by atoms with van der Waals surface area (Å²) in [5, 5.41) is 18.6. The van der Waals surface area contributed by atoms with Crippen LogP contribution in [0.2, 0.25) is 0 Å². The number of nitrogens with zero attached hydrogens (tertiary/aromatic N) is 4. The topological polar surface area (TPSA) is 85.9 Å². The highest BCUT2D eigenvalue weighted by molar-refractivity contribution is 5.49. The Bertz CT molecular complexity index is 693. The Morgan fingerprint density at radius 3 is 2.64 bits per heavy atom. The van der Waals surface area contributed by atoms with Gasteiger partial charge in [0.2, 0.25) is 0 Å². The van der Waals surface area contributed by atoms with Gasteiger partial charge in [-0.15, -0.1) is 0 Å². The molecule has 0 atom stereocenters. The number of pyridine rings is 1. The Balaban J connectivity index is 2.22. The molecular weight excluding hydrogens is 282 g/mol. The highest BCUT2D eigenvalue weighted by Gasteiger charge is 2.14. The maximum absolute atomic E-state index is 10.7. The van der Waals surface area contributed by atoms with Crippen LogP contribution in [0, 0.1) is 17.0 Å². The van der Waals surface area contributed by atoms with Crippen LogP contribution in [-0.2, 0) is 26.4 Å². The molecule has 0 amide bonds. The smallest absolute Gasteiger partial charge is 0.287 e. The molecule has 0 aliphatic carbocycles. The van der Waals surface area contributed by atoms with Crippen LogP contribution in [-0.4, -0.2) is 19.7 Å². The van der Waals surface area contributed by atoms with Gasteiger partial charge in [-0.3, -0.25) is 14.8 Å². The van der Waals surface area contributed by atoms with Crippen LogP contribution >= 0.6 is 0 Å². The molecule has 7 heteroatoms. The number of nitrogens with one attached hydrogen (secondary N) is 1. The Labute approximate surface area is 129 Å². The fraction of sp³-hybridized carbons (Fsp3) is 0.467. The van der Waals surface area contributed by atoms with Crippen molar-refractivity contribution in [3.8, 4) is 0 Å². The largest absolute Gasteiger partial charge is 0.366 e. The van der Waals surface area contributed by atoms with Crippen LogP contribution in [0.15, 0.2) is 12.3 Å². The molecule has 0 aliphatic heterocycles. The molecule has 0 saturated heterocycles. The van der Waals surface area contributed by atoms with Gasteiger partial charge in [-0.1, -0.05) is 13.8 Å². The number of aryl methyl sites for hydroxylation is 3. The van der Waals surface area contributed by atoms with Gasteiger partial charge in [-0.2, -0.15) is 5.10 Å². The van der Waals surface area contributed by atoms with Gasteiger partial charge in [0.05, 0.1) is 10.6 Å². The molecule has 2 heterocycles. The Morgan fingerprint density at radius 2 is 2.09 bits per heavy atom. The van der Waals surface area contributed by atoms with Gasteiger partial charge in [0.15, 0.2) is 0 Å². The summed E-state index contributed by atoms with van der Waals surface area (Å²) in [4.78, 5) is 14.5. The summed E-state index contributed by atoms with van der Waals surface area (Å²) in [6.45, 7) is 6.62. The van der Waals surface area contributed by atoms with E-state index in [4.69, 9.17) is 0 Å². The van der Waals surface area contributed by atoms with E-state index in [0.29, 0.717) is 12.4 Å². The van der Waals surface area contributed by atoms with E-state index < -0.39 is 4.92 Å². The van der Waals surface area contributed by atoms with Crippen molar-refractivity contribution in [2.24, 2.45) is 7.05 Å². The lowest BCUT2D eigenvalue weighted by atomic mass is 10.1. The summed E-state index contributed by atoms with van der Waals surface area (Å²) in [6.07, 6.45) is 3.06. The van der Waals surface area contributed by atoms with Gasteiger partial charge in [0.1, 0.15) is 12.0 Å². The Kier molecular flexibility index (Phi) is 4.75. The minimum Gasteiger partial charge on any atom is -0.366 e. The molecule has 2 aromatic heterocycles. The van der Waals surface area contributed by atoms with E-state index in [2.05, 4.69) is 29.2 Å². The molecule has 1 N–H and O–H groups in total. The van der Waals surface area contributed by atoms with E-state index in [9.17, 15) is 10.1 Å². The standard InChI is InChI=1S/C15H21N5O2/c1-5-13-12(14(6-2)19(4)18-13)9-17-15-10(3)7-11(8-16-15)20(21)22/h7-8H,5-6,9H2,1-4H3,(H,16,17). The fourth-order valence-electron chi connectivity index (χ4n) is 2.61. The first kappa shape index (κ1) is 15.9. The first-order valence-corrected chi connectivity index (χ1v) is 7.36. The lowest BCUT2D eigenvalue weighted by Crippen LogP contribution is -2.07. The zero-order chi connectivity index (χ0) is 16.3. The third-order valence-corrected chi connectivity index (χ3v) is 3.74. The van der Waals surface area contributed by atoms with Crippen molar-refractivity contribution >= 4 is 11.5 Å². The van der Waals surface area contributed by atoms with E-state index in [1.807, 2.05) is 18.7 Å². The third kappa shape index (κ3) is 3.08. The average molecular weight is 303 g/mol. The monoisotopic (exact) mass is 303 g/mol. The van der Waals surface area contributed by atoms with Crippen LogP contribution in [0.5, 0.6) is 0 Å². The predicted octanol–water partition coefficient (Wildman–Crippen LogP) is 2.77. The molecule has 2 aromatic rings. The predicted molar refractivity (Wildman–Crippen MR) is 84.9 cm³/mol. The number of nitro groups is 1. The van der Waals surface area contributed by atoms with Crippen molar-refractivity contribution in [2.45, 2.75) is 40.2 Å². The van der Waals surface area contributed by atoms with Gasteiger partial charge >= 0.3 is 0 Å². The highest BCUT2D eigenvalue weighted by Crippen LogP contribution is 2.21. The van der Waals surface area contributed by atoms with Crippen molar-refractivity contribution in [1.82, 2.24) is 14.8 Å². The molecule has 0 unspecified atom stereocenters. The molecule has 0 saturated carbocycles. The summed E-state index contributed by atoms with van der Waals surface area (Å²) in [6, 6.07) is 1.53. The van der Waals surface area contributed by atoms with Crippen molar-refractivity contribution in [1.29, 1.82) is 0 Å². The first-order valence-electron chi connectivity index (χ1n) is 7.36. The minimum atomic E-state index is -0.435. The summed E-state index contributed by atoms with van der Waals surface area (Å²) in [5.41, 5.74) is 4.23. The van der Waals surface area contributed by atoms with Crippen molar-refractivity contribution in [3.63, 3.8) is 0 Å². The number of rotatable bonds is 6. The van der Waals surface area contributed by atoms with Crippen LogP contribution in [0.3, 0.4) is 0 Å². The Morgan fingerprint density at radius 1 is 1.36 bits per heavy atom. The van der Waals surface area contributed by atoms with Crippen LogP contribution in [0.25, 0.3) is 0 Å². The zero-order valence-electron chi connectivity index (χ0n) is 13.4. The molecule has 0 aliphatic rings. The van der Waals surface area contributed by atoms with Crippen molar-refractivity contribution in [3.05, 3.63) is 44.9 Å². The molecule has 118 valence electrons. The van der Waals surface area contributed by atoms with Gasteiger partial charge in [-0.05, 0) is 25.3 Å². The second-order valence-corrected chi connectivity index (χ2v) is 5.17. The molecule has 0 spiro atoms. The summed E-state index contributed by atoms with van der Waals surface area (Å²) in [7, 11) is 1.96. The van der Waals surface area contributed by atoms with Crippen LogP contribution < -0.4 is 5.32 Å². The fourth-order valence-corrected chi connectivity index (χ4v) is 2.61. The molecule has 0 fully saturated rings. The van der Waals surface area contributed by atoms with Crippen molar-refractivity contribution < 1.29 is 4.92 Å². The van der Waals surface area contributed by atoms with Crippen molar-refractivity contribution in [2.75, 3.05) is 5.32 Å². The number of aromatic nitrogens is 3. The molecule has 0 aromatic carbocycles. The number of hydrogen-bond acceptors (Lipinski definition) is 5. The average Bonchev–Trinajstić information content (AvgIpc) is 2.80. The second kappa shape index (κ2) is 6.55. The number of anilines is 1. The lowest BCUT2D eigenvalue weighted by Gasteiger charge is -2.10. The molecule has 2 rings (SSSR count). The molecule has 0 bridgehead atoms. The van der Waals surface area contributed by atoms with Crippen LogP contribution in [0.1, 0.15) is 36.4 Å². The van der Waals surface area contributed by atoms with E-state index in [0.717, 1.165) is 24.1 Å².